The second-order valence-electron chi connectivity index (χ2n) is 4.36. The average molecular weight is 288 g/mol. The van der Waals surface area contributed by atoms with Crippen LogP contribution in [-0.4, -0.2) is 45.4 Å². The van der Waals surface area contributed by atoms with Crippen LogP contribution in [0.15, 0.2) is 24.3 Å². The number of rotatable bonds is 7. The van der Waals surface area contributed by atoms with Gasteiger partial charge >= 0.3 is 0 Å². The normalized spacial score (nSPS) is 14.9. The monoisotopic (exact) mass is 288 g/mol. The van der Waals surface area contributed by atoms with Gasteiger partial charge in [0.15, 0.2) is 9.84 Å². The number of hydrogen-bond donors (Lipinski definition) is 1. The van der Waals surface area contributed by atoms with E-state index < -0.39 is 21.2 Å². The molecule has 0 fully saturated rings. The van der Waals surface area contributed by atoms with Crippen LogP contribution >= 0.6 is 0 Å². The fourth-order valence-electron chi connectivity index (χ4n) is 1.58. The first kappa shape index (κ1) is 15.9. The molecule has 108 valence electrons. The van der Waals surface area contributed by atoms with Crippen molar-refractivity contribution in [3.8, 4) is 5.75 Å². The first-order valence-electron chi connectivity index (χ1n) is 5.95. The maximum Gasteiger partial charge on any atom is 0.152 e. The average Bonchev–Trinajstić information content (AvgIpc) is 2.37. The van der Waals surface area contributed by atoms with E-state index in [4.69, 9.17) is 9.47 Å². The van der Waals surface area contributed by atoms with E-state index >= 15 is 0 Å². The zero-order chi connectivity index (χ0) is 14.5. The molecule has 0 aliphatic heterocycles. The number of benzene rings is 1. The quantitative estimate of drug-likeness (QED) is 0.763. The number of ether oxygens (including phenoxy) is 2. The van der Waals surface area contributed by atoms with Crippen LogP contribution in [0.2, 0.25) is 0 Å². The molecule has 0 spiro atoms. The first-order chi connectivity index (χ1) is 8.88. The number of methoxy groups -OCH3 is 1. The molecule has 0 amide bonds. The van der Waals surface area contributed by atoms with Crippen LogP contribution in [0.5, 0.6) is 5.75 Å². The van der Waals surface area contributed by atoms with Gasteiger partial charge in [0.05, 0.1) is 18.0 Å². The Balaban J connectivity index is 2.93. The van der Waals surface area contributed by atoms with Crippen LogP contribution < -0.4 is 4.74 Å². The minimum Gasteiger partial charge on any atom is -0.491 e. The Morgan fingerprint density at radius 1 is 1.26 bits per heavy atom. The van der Waals surface area contributed by atoms with Crippen LogP contribution in [0.4, 0.5) is 0 Å². The van der Waals surface area contributed by atoms with Crippen LogP contribution in [-0.2, 0) is 14.6 Å². The van der Waals surface area contributed by atoms with Crippen molar-refractivity contribution in [1.29, 1.82) is 0 Å². The number of sulfone groups is 1. The summed E-state index contributed by atoms with van der Waals surface area (Å²) >= 11 is 0. The maximum atomic E-state index is 11.5. The third-order valence-electron chi connectivity index (χ3n) is 2.90. The fourth-order valence-corrected chi connectivity index (χ4v) is 2.19. The molecule has 1 rings (SSSR count). The second-order valence-corrected chi connectivity index (χ2v) is 6.76. The zero-order valence-electron chi connectivity index (χ0n) is 11.4. The summed E-state index contributed by atoms with van der Waals surface area (Å²) in [5, 5.41) is 9.28. The van der Waals surface area contributed by atoms with Gasteiger partial charge in [0.2, 0.25) is 0 Å². The molecule has 1 aromatic carbocycles. The lowest BCUT2D eigenvalue weighted by Gasteiger charge is -2.20. The fraction of sp³-hybridized carbons (Fsp3) is 0.538. The molecular weight excluding hydrogens is 268 g/mol. The Morgan fingerprint density at radius 2 is 1.89 bits per heavy atom. The van der Waals surface area contributed by atoms with Crippen LogP contribution in [0.1, 0.15) is 18.6 Å². The first-order valence-corrected chi connectivity index (χ1v) is 7.91. The van der Waals surface area contributed by atoms with E-state index in [9.17, 15) is 13.5 Å². The van der Waals surface area contributed by atoms with Crippen molar-refractivity contribution in [3.05, 3.63) is 29.8 Å². The van der Waals surface area contributed by atoms with Crippen molar-refractivity contribution < 1.29 is 23.0 Å². The van der Waals surface area contributed by atoms with E-state index in [2.05, 4.69) is 0 Å². The topological polar surface area (TPSA) is 72.8 Å². The highest BCUT2D eigenvalue weighted by molar-refractivity contribution is 7.91. The van der Waals surface area contributed by atoms with E-state index in [1.807, 2.05) is 0 Å². The van der Waals surface area contributed by atoms with E-state index in [-0.39, 0.29) is 0 Å². The van der Waals surface area contributed by atoms with Gasteiger partial charge in [0.25, 0.3) is 0 Å². The number of para-hydroxylation sites is 1. The third-order valence-corrected chi connectivity index (χ3v) is 4.51. The number of aliphatic hydroxyl groups is 1. The van der Waals surface area contributed by atoms with Gasteiger partial charge in [-0.25, -0.2) is 8.42 Å². The molecule has 0 saturated carbocycles. The van der Waals surface area contributed by atoms with Gasteiger partial charge in [-0.2, -0.15) is 0 Å². The summed E-state index contributed by atoms with van der Waals surface area (Å²) in [6.07, 6.45) is -0.0105. The third kappa shape index (κ3) is 4.49. The predicted octanol–water partition coefficient (Wildman–Crippen LogP) is 1.18. The molecule has 0 aromatic heterocycles. The van der Waals surface area contributed by atoms with Crippen molar-refractivity contribution in [2.45, 2.75) is 18.3 Å². The molecule has 0 saturated heterocycles. The van der Waals surface area contributed by atoms with Crippen molar-refractivity contribution in [1.82, 2.24) is 0 Å². The van der Waals surface area contributed by atoms with Gasteiger partial charge in [-0.3, -0.25) is 0 Å². The summed E-state index contributed by atoms with van der Waals surface area (Å²) in [6, 6.07) is 6.86. The molecule has 5 nitrogen and oxygen atoms in total. The second kappa shape index (κ2) is 6.88. The summed E-state index contributed by atoms with van der Waals surface area (Å²) in [5.41, 5.74) is 0.469. The summed E-state index contributed by atoms with van der Waals surface area (Å²) < 4.78 is 33.4. The molecule has 6 heteroatoms. The molecule has 19 heavy (non-hydrogen) atoms. The van der Waals surface area contributed by atoms with Crippen molar-refractivity contribution in [3.63, 3.8) is 0 Å². The maximum absolute atomic E-state index is 11.5. The van der Waals surface area contributed by atoms with Gasteiger partial charge in [0.1, 0.15) is 12.4 Å². The molecule has 2 unspecified atom stereocenters. The molecule has 0 aliphatic carbocycles. The molecule has 1 N–H and O–H groups in total. The lowest BCUT2D eigenvalue weighted by molar-refractivity contribution is 0.138. The smallest absolute Gasteiger partial charge is 0.152 e. The van der Waals surface area contributed by atoms with Crippen LogP contribution in [0, 0.1) is 0 Å². The van der Waals surface area contributed by atoms with Gasteiger partial charge in [0, 0.05) is 18.9 Å². The summed E-state index contributed by atoms with van der Waals surface area (Å²) in [6.45, 7) is 2.24. The largest absolute Gasteiger partial charge is 0.491 e. The minimum absolute atomic E-state index is 0.341. The Bertz CT molecular complexity index is 498. The van der Waals surface area contributed by atoms with E-state index in [1.165, 1.54) is 6.92 Å². The Kier molecular flexibility index (Phi) is 5.78. The Morgan fingerprint density at radius 3 is 2.47 bits per heavy atom. The van der Waals surface area contributed by atoms with Crippen molar-refractivity contribution >= 4 is 9.84 Å². The van der Waals surface area contributed by atoms with Gasteiger partial charge in [-0.1, -0.05) is 18.2 Å². The standard InChI is InChI=1S/C13H20O5S/c1-10(19(3,15)16)13(14)11-6-4-5-7-12(11)18-9-8-17-2/h4-7,10,13-14H,8-9H2,1-3H3. The van der Waals surface area contributed by atoms with E-state index in [0.717, 1.165) is 6.26 Å². The predicted molar refractivity (Wildman–Crippen MR) is 73.1 cm³/mol. The highest BCUT2D eigenvalue weighted by Gasteiger charge is 2.27. The highest BCUT2D eigenvalue weighted by Crippen LogP contribution is 2.29. The minimum atomic E-state index is -3.32. The van der Waals surface area contributed by atoms with E-state index in [1.54, 1.807) is 31.4 Å². The SMILES string of the molecule is COCCOc1ccccc1C(O)C(C)S(C)(=O)=O. The molecule has 1 aromatic rings. The summed E-state index contributed by atoms with van der Waals surface area (Å²) in [4.78, 5) is 0. The number of aliphatic hydroxyl groups excluding tert-OH is 1. The molecule has 2 atom stereocenters. The molecule has 0 aliphatic rings. The Hall–Kier alpha value is -1.11. The van der Waals surface area contributed by atoms with Crippen molar-refractivity contribution in [2.24, 2.45) is 0 Å². The van der Waals surface area contributed by atoms with Crippen LogP contribution in [0.25, 0.3) is 0 Å². The lowest BCUT2D eigenvalue weighted by Crippen LogP contribution is -2.24. The van der Waals surface area contributed by atoms with Crippen molar-refractivity contribution in [2.75, 3.05) is 26.6 Å². The van der Waals surface area contributed by atoms with E-state index in [0.29, 0.717) is 24.5 Å². The molecule has 0 heterocycles. The highest BCUT2D eigenvalue weighted by atomic mass is 32.2. The van der Waals surface area contributed by atoms with Gasteiger partial charge in [-0.15, -0.1) is 0 Å². The zero-order valence-corrected chi connectivity index (χ0v) is 12.2. The number of hydrogen-bond acceptors (Lipinski definition) is 5. The molecule has 0 bridgehead atoms. The van der Waals surface area contributed by atoms with Gasteiger partial charge < -0.3 is 14.6 Å². The molecule has 0 radical (unpaired) electrons. The van der Waals surface area contributed by atoms with Crippen LogP contribution in [0.3, 0.4) is 0 Å². The summed E-state index contributed by atoms with van der Waals surface area (Å²) in [5.74, 6) is 0.475. The lowest BCUT2D eigenvalue weighted by atomic mass is 10.1. The molecular formula is C13H20O5S. The summed E-state index contributed by atoms with van der Waals surface area (Å²) in [7, 11) is -1.76. The van der Waals surface area contributed by atoms with Gasteiger partial charge in [-0.05, 0) is 13.0 Å². The Labute approximate surface area is 114 Å².